The van der Waals surface area contributed by atoms with Crippen molar-refractivity contribution in [1.82, 2.24) is 0 Å². The van der Waals surface area contributed by atoms with Gasteiger partial charge in [0.15, 0.2) is 6.61 Å². The molecule has 0 saturated carbocycles. The maximum atomic E-state index is 12.5. The Balaban J connectivity index is 2.57. The van der Waals surface area contributed by atoms with Crippen molar-refractivity contribution >= 4 is 6.16 Å². The molecule has 0 aromatic rings. The molecule has 1 fully saturated rings. The minimum absolute atomic E-state index is 0.221. The number of alkyl halides is 3. The Kier molecular flexibility index (Phi) is 4.55. The highest BCUT2D eigenvalue weighted by Crippen LogP contribution is 2.29. The number of cyclic esters (lactones) is 2. The van der Waals surface area contributed by atoms with E-state index in [0.717, 1.165) is 0 Å². The van der Waals surface area contributed by atoms with Crippen molar-refractivity contribution in [3.8, 4) is 0 Å². The van der Waals surface area contributed by atoms with Crippen molar-refractivity contribution in [2.75, 3.05) is 13.2 Å². The molecule has 0 aliphatic carbocycles. The summed E-state index contributed by atoms with van der Waals surface area (Å²) in [4.78, 5) is 10.8. The third kappa shape index (κ3) is 3.86. The zero-order valence-electron chi connectivity index (χ0n) is 9.55. The summed E-state index contributed by atoms with van der Waals surface area (Å²) in [6.45, 7) is 0.881. The van der Waals surface area contributed by atoms with Crippen LogP contribution in [0.5, 0.6) is 0 Å². The van der Waals surface area contributed by atoms with E-state index in [1.165, 1.54) is 0 Å². The normalized spacial score (nSPS) is 24.9. The van der Waals surface area contributed by atoms with E-state index in [-0.39, 0.29) is 19.1 Å². The highest BCUT2D eigenvalue weighted by Gasteiger charge is 2.43. The lowest BCUT2D eigenvalue weighted by molar-refractivity contribution is -0.177. The summed E-state index contributed by atoms with van der Waals surface area (Å²) in [6, 6.07) is 0. The number of hydrogen-bond donors (Lipinski definition) is 0. The number of allylic oxidation sites excluding steroid dienone is 1. The van der Waals surface area contributed by atoms with Gasteiger partial charge in [0.1, 0.15) is 0 Å². The lowest BCUT2D eigenvalue weighted by Crippen LogP contribution is -2.35. The first-order chi connectivity index (χ1) is 8.29. The van der Waals surface area contributed by atoms with E-state index in [0.29, 0.717) is 6.42 Å². The van der Waals surface area contributed by atoms with Gasteiger partial charge in [0.2, 0.25) is 5.83 Å². The number of hydrogen-bond acceptors (Lipinski definition) is 4. The molecule has 0 bridgehead atoms. The SMILES string of the molecule is CCCC1(OC/C=C(/F)C(F)(F)F)COC(=O)O1. The van der Waals surface area contributed by atoms with Gasteiger partial charge in [-0.15, -0.1) is 0 Å². The van der Waals surface area contributed by atoms with E-state index >= 15 is 0 Å². The molecule has 0 aromatic heterocycles. The molecule has 1 rings (SSSR count). The quantitative estimate of drug-likeness (QED) is 0.570. The molecule has 0 radical (unpaired) electrons. The third-order valence-electron chi connectivity index (χ3n) is 2.19. The first kappa shape index (κ1) is 14.7. The fourth-order valence-electron chi connectivity index (χ4n) is 1.41. The summed E-state index contributed by atoms with van der Waals surface area (Å²) in [6.07, 6.45) is -4.94. The van der Waals surface area contributed by atoms with Gasteiger partial charge in [0.05, 0.1) is 6.61 Å². The van der Waals surface area contributed by atoms with Crippen molar-refractivity contribution in [3.63, 3.8) is 0 Å². The number of rotatable bonds is 5. The zero-order chi connectivity index (χ0) is 13.8. The predicted octanol–water partition coefficient (Wildman–Crippen LogP) is 3.08. The Hall–Kier alpha value is -1.31. The van der Waals surface area contributed by atoms with Crippen LogP contribution in [-0.2, 0) is 14.2 Å². The van der Waals surface area contributed by atoms with Gasteiger partial charge < -0.3 is 14.2 Å². The Morgan fingerprint density at radius 2 is 2.22 bits per heavy atom. The van der Waals surface area contributed by atoms with E-state index in [2.05, 4.69) is 4.74 Å². The van der Waals surface area contributed by atoms with E-state index < -0.39 is 30.6 Å². The fourth-order valence-corrected chi connectivity index (χ4v) is 1.41. The second-order valence-corrected chi connectivity index (χ2v) is 3.66. The molecule has 1 aliphatic heterocycles. The number of carbonyl (C=O) groups is 1. The van der Waals surface area contributed by atoms with Crippen LogP contribution in [0.15, 0.2) is 11.9 Å². The predicted molar refractivity (Wildman–Crippen MR) is 51.3 cm³/mol. The summed E-state index contributed by atoms with van der Waals surface area (Å²) in [5.74, 6) is -3.67. The summed E-state index contributed by atoms with van der Waals surface area (Å²) >= 11 is 0. The van der Waals surface area contributed by atoms with Crippen LogP contribution in [0, 0.1) is 0 Å². The van der Waals surface area contributed by atoms with Gasteiger partial charge in [-0.25, -0.2) is 9.18 Å². The van der Waals surface area contributed by atoms with Crippen LogP contribution in [0.25, 0.3) is 0 Å². The molecule has 4 nitrogen and oxygen atoms in total. The summed E-state index contributed by atoms with van der Waals surface area (Å²) in [7, 11) is 0. The smallest absolute Gasteiger partial charge is 0.427 e. The van der Waals surface area contributed by atoms with E-state index in [9.17, 15) is 22.4 Å². The van der Waals surface area contributed by atoms with Crippen molar-refractivity contribution in [1.29, 1.82) is 0 Å². The fraction of sp³-hybridized carbons (Fsp3) is 0.700. The highest BCUT2D eigenvalue weighted by atomic mass is 19.4. The molecule has 0 aromatic carbocycles. The Morgan fingerprint density at radius 3 is 2.67 bits per heavy atom. The molecule has 1 unspecified atom stereocenters. The molecule has 1 saturated heterocycles. The lowest BCUT2D eigenvalue weighted by Gasteiger charge is -2.23. The number of carbonyl (C=O) groups excluding carboxylic acids is 1. The Bertz CT molecular complexity index is 339. The van der Waals surface area contributed by atoms with Gasteiger partial charge in [-0.05, 0) is 12.5 Å². The first-order valence-electron chi connectivity index (χ1n) is 5.22. The maximum Gasteiger partial charge on any atom is 0.511 e. The summed E-state index contributed by atoms with van der Waals surface area (Å²) in [5, 5.41) is 0. The van der Waals surface area contributed by atoms with Crippen molar-refractivity contribution in [3.05, 3.63) is 11.9 Å². The molecule has 8 heteroatoms. The van der Waals surface area contributed by atoms with Crippen LogP contribution in [0.2, 0.25) is 0 Å². The maximum absolute atomic E-state index is 12.5. The summed E-state index contributed by atoms with van der Waals surface area (Å²) in [5.41, 5.74) is 0. The monoisotopic (exact) mass is 272 g/mol. The Labute approximate surface area is 100 Å². The summed E-state index contributed by atoms with van der Waals surface area (Å²) < 4.78 is 62.3. The minimum Gasteiger partial charge on any atom is -0.427 e. The second-order valence-electron chi connectivity index (χ2n) is 3.66. The Morgan fingerprint density at radius 1 is 1.56 bits per heavy atom. The van der Waals surface area contributed by atoms with E-state index in [1.807, 2.05) is 0 Å². The largest absolute Gasteiger partial charge is 0.511 e. The number of ether oxygens (including phenoxy) is 3. The van der Waals surface area contributed by atoms with Crippen molar-refractivity contribution < 1.29 is 36.6 Å². The average Bonchev–Trinajstić information content (AvgIpc) is 2.59. The molecular formula is C10H12F4O4. The van der Waals surface area contributed by atoms with E-state index in [1.54, 1.807) is 6.92 Å². The first-order valence-corrected chi connectivity index (χ1v) is 5.22. The minimum atomic E-state index is -5.04. The van der Waals surface area contributed by atoms with Gasteiger partial charge in [0.25, 0.3) is 5.79 Å². The molecule has 0 spiro atoms. The molecule has 1 aliphatic rings. The second kappa shape index (κ2) is 5.55. The third-order valence-corrected chi connectivity index (χ3v) is 2.19. The van der Waals surface area contributed by atoms with Crippen LogP contribution in [0.1, 0.15) is 19.8 Å². The van der Waals surface area contributed by atoms with Crippen LogP contribution in [0.4, 0.5) is 22.4 Å². The molecule has 0 amide bonds. The molecule has 1 heterocycles. The molecule has 0 N–H and O–H groups in total. The van der Waals surface area contributed by atoms with Crippen LogP contribution < -0.4 is 0 Å². The van der Waals surface area contributed by atoms with Crippen LogP contribution in [0.3, 0.4) is 0 Å². The van der Waals surface area contributed by atoms with E-state index in [4.69, 9.17) is 9.47 Å². The lowest BCUT2D eigenvalue weighted by atomic mass is 10.1. The van der Waals surface area contributed by atoms with Crippen molar-refractivity contribution in [2.45, 2.75) is 31.7 Å². The highest BCUT2D eigenvalue weighted by molar-refractivity contribution is 5.62. The number of halogens is 4. The molecule has 18 heavy (non-hydrogen) atoms. The molecule has 104 valence electrons. The van der Waals surface area contributed by atoms with Gasteiger partial charge in [-0.3, -0.25) is 0 Å². The van der Waals surface area contributed by atoms with Crippen molar-refractivity contribution in [2.24, 2.45) is 0 Å². The standard InChI is InChI=1S/C10H12F4O4/c1-2-4-9(6-16-8(15)18-9)17-5-3-7(11)10(12,13)14/h3H,2,4-6H2,1H3/b7-3+. The topological polar surface area (TPSA) is 44.8 Å². The van der Waals surface area contributed by atoms with Gasteiger partial charge in [-0.1, -0.05) is 6.92 Å². The van der Waals surface area contributed by atoms with Gasteiger partial charge in [-0.2, -0.15) is 13.2 Å². The van der Waals surface area contributed by atoms with Gasteiger partial charge in [0, 0.05) is 6.42 Å². The average molecular weight is 272 g/mol. The van der Waals surface area contributed by atoms with Gasteiger partial charge >= 0.3 is 12.3 Å². The molecule has 1 atom stereocenters. The molecular weight excluding hydrogens is 260 g/mol. The zero-order valence-corrected chi connectivity index (χ0v) is 9.55. The van der Waals surface area contributed by atoms with Crippen LogP contribution >= 0.6 is 0 Å². The van der Waals surface area contributed by atoms with Crippen LogP contribution in [-0.4, -0.2) is 31.3 Å².